The Morgan fingerprint density at radius 1 is 1.15 bits per heavy atom. The third-order valence-corrected chi connectivity index (χ3v) is 5.23. The Labute approximate surface area is 153 Å². The molecule has 0 amide bonds. The number of hydrogen-bond donors (Lipinski definition) is 1. The van der Waals surface area contributed by atoms with Gasteiger partial charge in [-0.1, -0.05) is 0 Å². The highest BCUT2D eigenvalue weighted by atomic mass is 32.1. The van der Waals surface area contributed by atoms with Gasteiger partial charge in [0.1, 0.15) is 5.01 Å². The molecule has 2 heterocycles. The average molecular weight is 369 g/mol. The Morgan fingerprint density at radius 3 is 2.73 bits per heavy atom. The molecule has 0 radical (unpaired) electrons. The van der Waals surface area contributed by atoms with E-state index in [9.17, 15) is 9.50 Å². The first-order valence-corrected chi connectivity index (χ1v) is 8.83. The fourth-order valence-corrected chi connectivity index (χ4v) is 4.06. The maximum absolute atomic E-state index is 14.0. The summed E-state index contributed by atoms with van der Waals surface area (Å²) >= 11 is 1.40. The summed E-state index contributed by atoms with van der Waals surface area (Å²) in [6, 6.07) is 5.38. The maximum Gasteiger partial charge on any atom is 0.169 e. The number of benzene rings is 2. The topological polar surface area (TPSA) is 68.1 Å². The van der Waals surface area contributed by atoms with Gasteiger partial charge in [0.25, 0.3) is 0 Å². The van der Waals surface area contributed by atoms with E-state index in [1.807, 2.05) is 19.1 Å². The minimum absolute atomic E-state index is 0.341. The molecule has 26 heavy (non-hydrogen) atoms. The first-order chi connectivity index (χ1) is 12.5. The fraction of sp³-hybridized carbons (Fsp3) is 0.211. The summed E-state index contributed by atoms with van der Waals surface area (Å²) < 4.78 is 19.8. The van der Waals surface area contributed by atoms with E-state index in [1.54, 1.807) is 20.2 Å². The number of aryl methyl sites for hydroxylation is 2. The largest absolute Gasteiger partial charge is 0.505 e. The van der Waals surface area contributed by atoms with Crippen molar-refractivity contribution in [3.8, 4) is 16.3 Å². The normalized spacial score (nSPS) is 11.5. The van der Waals surface area contributed by atoms with Crippen molar-refractivity contribution in [1.29, 1.82) is 0 Å². The van der Waals surface area contributed by atoms with E-state index >= 15 is 0 Å². The van der Waals surface area contributed by atoms with Gasteiger partial charge in [0.05, 0.1) is 39.7 Å². The molecule has 0 atom stereocenters. The summed E-state index contributed by atoms with van der Waals surface area (Å²) in [4.78, 5) is 13.8. The van der Waals surface area contributed by atoms with E-state index in [-0.39, 0.29) is 5.75 Å². The summed E-state index contributed by atoms with van der Waals surface area (Å²) in [7, 11) is 1.62. The van der Waals surface area contributed by atoms with Gasteiger partial charge >= 0.3 is 0 Å². The van der Waals surface area contributed by atoms with Gasteiger partial charge in [-0.15, -0.1) is 11.3 Å². The van der Waals surface area contributed by atoms with Crippen LogP contribution in [-0.2, 0) is 11.3 Å². The molecular weight excluding hydrogens is 353 g/mol. The monoisotopic (exact) mass is 369 g/mol. The molecule has 2 aromatic heterocycles. The van der Waals surface area contributed by atoms with Crippen LogP contribution in [0.4, 0.5) is 4.39 Å². The number of thiazole rings is 1. The third-order valence-electron chi connectivity index (χ3n) is 4.19. The second-order valence-corrected chi connectivity index (χ2v) is 7.21. The predicted octanol–water partition coefficient (Wildman–Crippen LogP) is 4.51. The Hall–Kier alpha value is -2.64. The van der Waals surface area contributed by atoms with Crippen molar-refractivity contribution >= 4 is 32.6 Å². The number of fused-ring (bicyclic) bond motifs is 2. The Morgan fingerprint density at radius 2 is 1.96 bits per heavy atom. The molecular formula is C19H16FN3O2S. The zero-order chi connectivity index (χ0) is 18.4. The predicted molar refractivity (Wildman–Crippen MR) is 100.0 cm³/mol. The molecule has 0 bridgehead atoms. The zero-order valence-electron chi connectivity index (χ0n) is 14.5. The number of hydrogen-bond acceptors (Lipinski definition) is 6. The van der Waals surface area contributed by atoms with Crippen molar-refractivity contribution in [2.45, 2.75) is 20.5 Å². The smallest absolute Gasteiger partial charge is 0.169 e. The van der Waals surface area contributed by atoms with Crippen LogP contribution in [0.5, 0.6) is 5.75 Å². The summed E-state index contributed by atoms with van der Waals surface area (Å²) in [5.74, 6) is -0.990. The van der Waals surface area contributed by atoms with Gasteiger partial charge in [-0.05, 0) is 31.5 Å². The van der Waals surface area contributed by atoms with Crippen LogP contribution >= 0.6 is 11.3 Å². The number of halogens is 1. The van der Waals surface area contributed by atoms with Gasteiger partial charge < -0.3 is 9.84 Å². The first kappa shape index (κ1) is 16.8. The minimum Gasteiger partial charge on any atom is -0.505 e. The molecule has 0 unspecified atom stereocenters. The molecule has 7 heteroatoms. The SMILES string of the molecule is COCc1cnc2c(-c3nc4c(C)c(F)c(O)cc4s3)cc(C)cc2n1. The quantitative estimate of drug-likeness (QED) is 0.575. The lowest BCUT2D eigenvalue weighted by atomic mass is 10.1. The van der Waals surface area contributed by atoms with Gasteiger partial charge in [0.15, 0.2) is 11.6 Å². The number of aromatic nitrogens is 3. The van der Waals surface area contributed by atoms with E-state index in [1.165, 1.54) is 17.4 Å². The van der Waals surface area contributed by atoms with Crippen LogP contribution in [0.15, 0.2) is 24.4 Å². The third kappa shape index (κ3) is 2.69. The van der Waals surface area contributed by atoms with Gasteiger partial charge in [0.2, 0.25) is 0 Å². The highest BCUT2D eigenvalue weighted by Crippen LogP contribution is 2.38. The molecule has 132 valence electrons. The van der Waals surface area contributed by atoms with Crippen molar-refractivity contribution in [2.75, 3.05) is 7.11 Å². The van der Waals surface area contributed by atoms with Crippen LogP contribution in [0.3, 0.4) is 0 Å². The zero-order valence-corrected chi connectivity index (χ0v) is 15.3. The molecule has 0 aliphatic carbocycles. The molecule has 0 aliphatic rings. The van der Waals surface area contributed by atoms with Crippen LogP contribution < -0.4 is 0 Å². The number of rotatable bonds is 3. The number of nitrogens with zero attached hydrogens (tertiary/aromatic N) is 3. The van der Waals surface area contributed by atoms with Crippen LogP contribution in [0.1, 0.15) is 16.8 Å². The van der Waals surface area contributed by atoms with E-state index in [4.69, 9.17) is 4.74 Å². The van der Waals surface area contributed by atoms with Crippen molar-refractivity contribution in [3.05, 3.63) is 47.0 Å². The van der Waals surface area contributed by atoms with Crippen LogP contribution in [-0.4, -0.2) is 27.2 Å². The fourth-order valence-electron chi connectivity index (χ4n) is 2.98. The van der Waals surface area contributed by atoms with Gasteiger partial charge in [-0.25, -0.2) is 14.4 Å². The Kier molecular flexibility index (Phi) is 4.05. The van der Waals surface area contributed by atoms with Gasteiger partial charge in [-0.2, -0.15) is 0 Å². The highest BCUT2D eigenvalue weighted by Gasteiger charge is 2.17. The molecule has 0 fully saturated rings. The summed E-state index contributed by atoms with van der Waals surface area (Å²) in [5, 5.41) is 10.5. The number of phenolic OH excluding ortho intramolecular Hbond substituents is 1. The van der Waals surface area contributed by atoms with Gasteiger partial charge in [-0.3, -0.25) is 4.98 Å². The second-order valence-electron chi connectivity index (χ2n) is 6.18. The number of phenols is 1. The lowest BCUT2D eigenvalue weighted by Gasteiger charge is -2.06. The molecule has 0 spiro atoms. The van der Waals surface area contributed by atoms with Gasteiger partial charge in [0, 0.05) is 24.3 Å². The highest BCUT2D eigenvalue weighted by molar-refractivity contribution is 7.21. The second kappa shape index (κ2) is 6.26. The molecule has 1 N–H and O–H groups in total. The van der Waals surface area contributed by atoms with Crippen LogP contribution in [0.2, 0.25) is 0 Å². The standard InChI is InChI=1S/C19H16FN3O2S/c1-9-4-12(18-13(5-9)22-11(7-21-18)8-25-3)19-23-17-10(2)16(20)14(24)6-15(17)26-19/h4-7,24H,8H2,1-3H3. The Balaban J connectivity index is 1.96. The lowest BCUT2D eigenvalue weighted by molar-refractivity contribution is 0.181. The molecule has 4 aromatic rings. The van der Waals surface area contributed by atoms with Crippen molar-refractivity contribution in [3.63, 3.8) is 0 Å². The van der Waals surface area contributed by atoms with E-state index in [2.05, 4.69) is 15.0 Å². The number of methoxy groups -OCH3 is 1. The summed E-state index contributed by atoms with van der Waals surface area (Å²) in [6.45, 7) is 3.99. The summed E-state index contributed by atoms with van der Waals surface area (Å²) in [5.41, 5.74) is 5.02. The van der Waals surface area contributed by atoms with E-state index in [0.29, 0.717) is 17.7 Å². The first-order valence-electron chi connectivity index (χ1n) is 8.02. The maximum atomic E-state index is 14.0. The van der Waals surface area contributed by atoms with E-state index < -0.39 is 5.82 Å². The Bertz CT molecular complexity index is 1160. The molecule has 0 aliphatic heterocycles. The lowest BCUT2D eigenvalue weighted by Crippen LogP contribution is -1.96. The van der Waals surface area contributed by atoms with Crippen molar-refractivity contribution in [1.82, 2.24) is 15.0 Å². The summed E-state index contributed by atoms with van der Waals surface area (Å²) in [6.07, 6.45) is 1.69. The average Bonchev–Trinajstić information content (AvgIpc) is 3.03. The van der Waals surface area contributed by atoms with Crippen LogP contribution in [0.25, 0.3) is 31.8 Å². The van der Waals surface area contributed by atoms with Crippen molar-refractivity contribution in [2.24, 2.45) is 0 Å². The molecule has 0 saturated carbocycles. The number of aromatic hydroxyl groups is 1. The molecule has 4 rings (SSSR count). The minimum atomic E-state index is -0.632. The molecule has 5 nitrogen and oxygen atoms in total. The molecule has 0 saturated heterocycles. The molecule has 2 aromatic carbocycles. The van der Waals surface area contributed by atoms with Crippen LogP contribution in [0, 0.1) is 19.7 Å². The van der Waals surface area contributed by atoms with E-state index in [0.717, 1.165) is 37.6 Å². The van der Waals surface area contributed by atoms with Crippen molar-refractivity contribution < 1.29 is 14.2 Å². The number of ether oxygens (including phenoxy) is 1.